The number of rotatable bonds is 11. The van der Waals surface area contributed by atoms with Gasteiger partial charge in [0.25, 0.3) is 20.0 Å². The molecule has 2 fully saturated rings. The monoisotopic (exact) mass is 1110 g/mol. The lowest BCUT2D eigenvalue weighted by Crippen LogP contribution is -2.51. The van der Waals surface area contributed by atoms with Crippen LogP contribution in [0.5, 0.6) is 0 Å². The summed E-state index contributed by atoms with van der Waals surface area (Å²) in [6, 6.07) is 33.7. The van der Waals surface area contributed by atoms with Crippen molar-refractivity contribution in [2.24, 2.45) is 11.8 Å². The number of aryl methyl sites for hydroxylation is 2. The number of nitrogens with zero attached hydrogens (tertiary/aromatic N) is 9. The quantitative estimate of drug-likeness (QED) is 0.0969. The second-order valence-electron chi connectivity index (χ2n) is 17.9. The Labute approximate surface area is 468 Å². The predicted molar refractivity (Wildman–Crippen MR) is 300 cm³/mol. The third kappa shape index (κ3) is 13.0. The van der Waals surface area contributed by atoms with Crippen LogP contribution in [0.3, 0.4) is 0 Å². The topological polar surface area (TPSA) is 151 Å². The zero-order chi connectivity index (χ0) is 62.0. The Balaban J connectivity index is 0.000000202. The molecule has 1 N–H and O–H groups in total. The van der Waals surface area contributed by atoms with Gasteiger partial charge in [0.05, 0.1) is 20.6 Å². The Morgan fingerprint density at radius 3 is 1.62 bits per heavy atom. The van der Waals surface area contributed by atoms with Crippen molar-refractivity contribution in [2.75, 3.05) is 45.0 Å². The smallest absolute Gasteiger partial charge is 0.269 e. The summed E-state index contributed by atoms with van der Waals surface area (Å²) in [5, 5.41) is 2.72. The molecule has 4 unspecified atom stereocenters. The van der Waals surface area contributed by atoms with Gasteiger partial charge in [-0.25, -0.2) is 29.8 Å². The van der Waals surface area contributed by atoms with E-state index in [9.17, 15) is 16.8 Å². The van der Waals surface area contributed by atoms with Gasteiger partial charge >= 0.3 is 0 Å². The average Bonchev–Trinajstić information content (AvgIpc) is 1.47. The van der Waals surface area contributed by atoms with Crippen molar-refractivity contribution in [3.05, 3.63) is 172 Å². The Hall–Kier alpha value is -5.43. The summed E-state index contributed by atoms with van der Waals surface area (Å²) in [6.07, 6.45) is 3.36. The molecule has 74 heavy (non-hydrogen) atoms. The van der Waals surface area contributed by atoms with Crippen LogP contribution in [0.25, 0.3) is 22.1 Å². The van der Waals surface area contributed by atoms with Gasteiger partial charge in [-0.1, -0.05) is 129 Å². The highest BCUT2D eigenvalue weighted by Crippen LogP contribution is 2.33. The van der Waals surface area contributed by atoms with Crippen LogP contribution in [0.15, 0.2) is 144 Å². The van der Waals surface area contributed by atoms with Crippen molar-refractivity contribution < 1.29 is 33.3 Å². The van der Waals surface area contributed by atoms with Crippen LogP contribution in [0, 0.1) is 25.7 Å². The summed E-state index contributed by atoms with van der Waals surface area (Å²) in [5.41, 5.74) is 4.05. The standard InChI is InChI=1S/C27H30ClN5O2S.C14H22N2.C13H9Cl2N3O2S.CH4/c1-19-9-11-22(12-10-19)36(34,35)33-16-14-23-25(29-27(28)30-26(23)33)31(3)24-18-32(15-13-20(24)2)17-21-7-5-4-6-8-21;1-12-8-9-16(11-14(12)15-2)10-13-6-4-3-5-7-13;1-8-2-4-9(5-3-8)21(19,20)18-7-6-10-11(14)16-13(15)17-12(10)18;/h4-12,14,16,20,24H,13,15,17-18H2,1-3H3;3-7,12,14-15H,8-11H2,1-2H3;2-7H,1H3;1H4/i2D3,3D3;1D3,2D3;;. The number of piperidine rings is 2. The fourth-order valence-electron chi connectivity index (χ4n) is 8.65. The number of fused-ring (bicyclic) bond motifs is 2. The SMILES string of the molecule is C.Cc1ccc(S(=O)(=O)n2ccc3c(Cl)nc(Cl)nc32)cc1.[2H]C([2H])([2H])C1CCN(Cc2ccccc2)CC1N(c1nc(Cl)nc2c1ccn2S(=O)(=O)c1ccc(C)cc1)C([2H])([2H])[2H].[2H]C([2H])([2H])NC1CN(Cc2ccccc2)CCC1C([2H])([2H])[2H]. The molecule has 2 aliphatic rings. The Morgan fingerprint density at radius 2 is 1.11 bits per heavy atom. The number of hydrogen-bond acceptors (Lipinski definition) is 12. The first-order chi connectivity index (χ1) is 39.7. The Morgan fingerprint density at radius 1 is 0.622 bits per heavy atom. The minimum atomic E-state index is -4.13. The molecule has 0 radical (unpaired) electrons. The van der Waals surface area contributed by atoms with Crippen LogP contribution in [-0.2, 0) is 33.1 Å². The van der Waals surface area contributed by atoms with Gasteiger partial charge in [-0.2, -0.15) is 15.0 Å². The second-order valence-corrected chi connectivity index (χ2v) is 22.5. The fourth-order valence-corrected chi connectivity index (χ4v) is 11.8. The number of hydrogen-bond donors (Lipinski definition) is 1. The Kier molecular flexibility index (Phi) is 13.8. The number of nitrogens with one attached hydrogen (secondary N) is 1. The van der Waals surface area contributed by atoms with Crippen molar-refractivity contribution in [1.29, 1.82) is 0 Å². The van der Waals surface area contributed by atoms with E-state index in [1.165, 1.54) is 30.6 Å². The summed E-state index contributed by atoms with van der Waals surface area (Å²) < 4.78 is 150. The van der Waals surface area contributed by atoms with E-state index in [-0.39, 0.29) is 68.4 Å². The molecule has 0 saturated carbocycles. The van der Waals surface area contributed by atoms with Gasteiger partial charge in [-0.15, -0.1) is 0 Å². The van der Waals surface area contributed by atoms with Gasteiger partial charge < -0.3 is 10.2 Å². The molecule has 10 rings (SSSR count). The van der Waals surface area contributed by atoms with Crippen molar-refractivity contribution in [1.82, 2.24) is 43.0 Å². The largest absolute Gasteiger partial charge is 0.354 e. The van der Waals surface area contributed by atoms with E-state index in [0.29, 0.717) is 44.5 Å². The second kappa shape index (κ2) is 24.5. The third-order valence-corrected chi connectivity index (χ3v) is 16.6. The zero-order valence-electron chi connectivity index (χ0n) is 51.8. The molecule has 2 aliphatic heterocycles. The summed E-state index contributed by atoms with van der Waals surface area (Å²) in [7, 11) is -7.89. The molecular weight excluding hydrogens is 1040 g/mol. The van der Waals surface area contributed by atoms with Gasteiger partial charge in [0.15, 0.2) is 11.3 Å². The van der Waals surface area contributed by atoms with Crippen molar-refractivity contribution in [3.8, 4) is 0 Å². The van der Waals surface area contributed by atoms with E-state index >= 15 is 0 Å². The first kappa shape index (κ1) is 41.8. The maximum absolute atomic E-state index is 13.6. The van der Waals surface area contributed by atoms with E-state index in [1.54, 1.807) is 42.5 Å². The summed E-state index contributed by atoms with van der Waals surface area (Å²) in [6.45, 7) is -3.15. The Bertz CT molecular complexity index is 3830. The summed E-state index contributed by atoms with van der Waals surface area (Å²) >= 11 is 18.0. The highest BCUT2D eigenvalue weighted by molar-refractivity contribution is 7.90. The molecule has 392 valence electrons. The molecule has 6 heterocycles. The molecule has 0 amide bonds. The number of aromatic nitrogens is 6. The van der Waals surface area contributed by atoms with Gasteiger partial charge in [0.2, 0.25) is 10.6 Å². The van der Waals surface area contributed by atoms with Crippen molar-refractivity contribution in [2.45, 2.75) is 82.8 Å². The van der Waals surface area contributed by atoms with Crippen LogP contribution in [0.2, 0.25) is 15.7 Å². The van der Waals surface area contributed by atoms with E-state index in [0.717, 1.165) is 35.1 Å². The van der Waals surface area contributed by atoms with Gasteiger partial charge in [-0.05, 0) is 129 Å². The van der Waals surface area contributed by atoms with E-state index in [1.807, 2.05) is 79.4 Å². The van der Waals surface area contributed by atoms with Crippen molar-refractivity contribution >= 4 is 82.7 Å². The van der Waals surface area contributed by atoms with Crippen LogP contribution in [0.1, 0.15) is 72.7 Å². The first-order valence-corrected chi connectivity index (χ1v) is 27.2. The molecule has 0 aliphatic carbocycles. The molecule has 4 aromatic carbocycles. The number of halogens is 3. The maximum Gasteiger partial charge on any atom is 0.269 e. The molecule has 19 heteroatoms. The predicted octanol–water partition coefficient (Wildman–Crippen LogP) is 11.0. The van der Waals surface area contributed by atoms with Gasteiger partial charge in [0.1, 0.15) is 11.0 Å². The molecule has 8 aromatic rings. The first-order valence-electron chi connectivity index (χ1n) is 29.2. The minimum Gasteiger partial charge on any atom is -0.354 e. The van der Waals surface area contributed by atoms with Gasteiger partial charge in [-0.3, -0.25) is 9.80 Å². The lowest BCUT2D eigenvalue weighted by Gasteiger charge is -2.42. The maximum atomic E-state index is 13.6. The molecule has 0 bridgehead atoms. The number of anilines is 1. The summed E-state index contributed by atoms with van der Waals surface area (Å²) in [5.74, 6) is -1.77. The summed E-state index contributed by atoms with van der Waals surface area (Å²) in [4.78, 5) is 21.5. The van der Waals surface area contributed by atoms with E-state index < -0.39 is 71.6 Å². The van der Waals surface area contributed by atoms with Crippen LogP contribution in [0.4, 0.5) is 5.82 Å². The van der Waals surface area contributed by atoms with Gasteiger partial charge in [0, 0.05) is 74.1 Å². The lowest BCUT2D eigenvalue weighted by atomic mass is 9.92. The molecule has 0 spiro atoms. The zero-order valence-corrected chi connectivity index (χ0v) is 43.7. The minimum absolute atomic E-state index is 0. The molecule has 4 atom stereocenters. The van der Waals surface area contributed by atoms with E-state index in [4.69, 9.17) is 51.3 Å². The lowest BCUT2D eigenvalue weighted by molar-refractivity contribution is 0.147. The van der Waals surface area contributed by atoms with Crippen molar-refractivity contribution in [3.63, 3.8) is 0 Å². The van der Waals surface area contributed by atoms with Crippen LogP contribution < -0.4 is 10.2 Å². The normalized spacial score (nSPS) is 21.5. The highest BCUT2D eigenvalue weighted by Gasteiger charge is 2.32. The highest BCUT2D eigenvalue weighted by atomic mass is 35.5. The molecule has 2 saturated heterocycles. The van der Waals surface area contributed by atoms with Crippen LogP contribution >= 0.6 is 34.8 Å². The van der Waals surface area contributed by atoms with E-state index in [2.05, 4.69) is 30.2 Å². The average molecular weight is 1110 g/mol. The number of likely N-dealkylation sites (tertiary alicyclic amines) is 2. The fraction of sp³-hybridized carbons (Fsp3) is 0.345. The number of likely N-dealkylation sites (N-methyl/N-ethyl adjacent to an activating group) is 2. The molecule has 14 nitrogen and oxygen atoms in total. The molecular formula is C55H65Cl3N10O4S2. The third-order valence-electron chi connectivity index (χ3n) is 12.7. The number of benzene rings is 4. The molecule has 4 aromatic heterocycles. The van der Waals surface area contributed by atoms with Crippen LogP contribution in [-0.4, -0.2) is 107 Å².